The molecule has 2 N–H and O–H groups in total. The van der Waals surface area contributed by atoms with Gasteiger partial charge in [0.25, 0.3) is 5.91 Å². The Morgan fingerprint density at radius 1 is 0.889 bits per heavy atom. The summed E-state index contributed by atoms with van der Waals surface area (Å²) in [5.41, 5.74) is 3.50. The van der Waals surface area contributed by atoms with E-state index in [1.807, 2.05) is 66.7 Å². The van der Waals surface area contributed by atoms with E-state index in [9.17, 15) is 4.79 Å². The first-order valence-corrected chi connectivity index (χ1v) is 11.9. The molecule has 0 atom stereocenters. The smallest absolute Gasteiger partial charge is 0.276 e. The van der Waals surface area contributed by atoms with Crippen LogP contribution in [0.4, 0.5) is 11.5 Å². The number of pyridine rings is 2. The lowest BCUT2D eigenvalue weighted by Gasteiger charge is -2.16. The first kappa shape index (κ1) is 21.8. The second-order valence-electron chi connectivity index (χ2n) is 8.71. The average molecular weight is 477 g/mol. The van der Waals surface area contributed by atoms with Crippen LogP contribution in [-0.2, 0) is 0 Å². The van der Waals surface area contributed by atoms with Crippen molar-refractivity contribution in [1.82, 2.24) is 20.2 Å². The number of amides is 1. The maximum Gasteiger partial charge on any atom is 0.276 e. The lowest BCUT2D eigenvalue weighted by atomic mass is 10.0. The van der Waals surface area contributed by atoms with E-state index in [0.29, 0.717) is 17.1 Å². The van der Waals surface area contributed by atoms with Gasteiger partial charge in [0.05, 0.1) is 23.6 Å². The third-order valence-electron chi connectivity index (χ3n) is 6.24. The Hall–Kier alpha value is -4.72. The predicted molar refractivity (Wildman–Crippen MR) is 139 cm³/mol. The molecular formula is C28H24N6O2. The van der Waals surface area contributed by atoms with Crippen LogP contribution in [0.15, 0.2) is 85.3 Å². The number of benzene rings is 2. The first-order chi connectivity index (χ1) is 17.7. The maximum atomic E-state index is 13.1. The number of hydrogen-bond acceptors (Lipinski definition) is 6. The van der Waals surface area contributed by atoms with Crippen LogP contribution in [0.3, 0.4) is 0 Å². The van der Waals surface area contributed by atoms with E-state index >= 15 is 0 Å². The predicted octanol–water partition coefficient (Wildman–Crippen LogP) is 5.66. The van der Waals surface area contributed by atoms with Gasteiger partial charge >= 0.3 is 0 Å². The van der Waals surface area contributed by atoms with Gasteiger partial charge in [0.2, 0.25) is 0 Å². The number of fused-ring (bicyclic) bond motifs is 1. The number of nitrogens with zero attached hydrogens (tertiary/aromatic N) is 4. The summed E-state index contributed by atoms with van der Waals surface area (Å²) < 4.78 is 5.93. The fraction of sp³-hybridized carbons (Fsp3) is 0.143. The summed E-state index contributed by atoms with van der Waals surface area (Å²) in [4.78, 5) is 24.2. The Morgan fingerprint density at radius 2 is 1.75 bits per heavy atom. The molecule has 1 aliphatic rings. The van der Waals surface area contributed by atoms with Gasteiger partial charge in [-0.1, -0.05) is 24.3 Å². The number of rotatable bonds is 6. The SMILES string of the molecule is O=C(Nc1ccc(N2CCCC2)nc1)c1n[nH]c2ccc(-c3cncc(Oc4ccccc4)c3)cc12. The topological polar surface area (TPSA) is 96.0 Å². The average Bonchev–Trinajstić information content (AvgIpc) is 3.60. The van der Waals surface area contributed by atoms with Gasteiger partial charge in [0.1, 0.15) is 17.3 Å². The van der Waals surface area contributed by atoms with Gasteiger partial charge in [-0.05, 0) is 60.9 Å². The molecular weight excluding hydrogens is 452 g/mol. The standard InChI is InChI=1S/C28H24N6O2/c35-28(31-21-9-11-26(30-17-21)34-12-4-5-13-34)27-24-15-19(8-10-25(24)32-33-27)20-14-23(18-29-16-20)36-22-6-2-1-3-7-22/h1-3,6-11,14-18H,4-5,12-13H2,(H,31,35)(H,32,33). The number of nitrogens with one attached hydrogen (secondary N) is 2. The lowest BCUT2D eigenvalue weighted by Crippen LogP contribution is -2.19. The summed E-state index contributed by atoms with van der Waals surface area (Å²) in [6, 6.07) is 21.1. The Kier molecular flexibility index (Phi) is 5.75. The molecule has 4 heterocycles. The number of aromatic nitrogens is 4. The minimum absolute atomic E-state index is 0.298. The zero-order chi connectivity index (χ0) is 24.3. The molecule has 0 radical (unpaired) electrons. The van der Waals surface area contributed by atoms with Crippen LogP contribution >= 0.6 is 0 Å². The molecule has 3 aromatic heterocycles. The second-order valence-corrected chi connectivity index (χ2v) is 8.71. The van der Waals surface area contributed by atoms with Crippen LogP contribution in [0.5, 0.6) is 11.5 Å². The highest BCUT2D eigenvalue weighted by Gasteiger charge is 2.17. The largest absolute Gasteiger partial charge is 0.456 e. The fourth-order valence-electron chi connectivity index (χ4n) is 4.41. The van der Waals surface area contributed by atoms with Gasteiger partial charge in [-0.15, -0.1) is 0 Å². The zero-order valence-electron chi connectivity index (χ0n) is 19.5. The van der Waals surface area contributed by atoms with Gasteiger partial charge in [0, 0.05) is 30.2 Å². The number of H-pyrrole nitrogens is 1. The Morgan fingerprint density at radius 3 is 2.56 bits per heavy atom. The van der Waals surface area contributed by atoms with Crippen molar-refractivity contribution < 1.29 is 9.53 Å². The molecule has 1 aliphatic heterocycles. The molecule has 0 aliphatic carbocycles. The summed E-state index contributed by atoms with van der Waals surface area (Å²) in [6.45, 7) is 2.05. The summed E-state index contributed by atoms with van der Waals surface area (Å²) in [5.74, 6) is 2.01. The van der Waals surface area contributed by atoms with E-state index in [-0.39, 0.29) is 5.91 Å². The molecule has 8 nitrogen and oxygen atoms in total. The molecule has 36 heavy (non-hydrogen) atoms. The molecule has 0 spiro atoms. The fourth-order valence-corrected chi connectivity index (χ4v) is 4.41. The minimum atomic E-state index is -0.298. The lowest BCUT2D eigenvalue weighted by molar-refractivity contribution is 0.102. The third-order valence-corrected chi connectivity index (χ3v) is 6.24. The molecule has 8 heteroatoms. The van der Waals surface area contributed by atoms with Gasteiger partial charge in [-0.25, -0.2) is 4.98 Å². The Balaban J connectivity index is 1.23. The molecule has 0 unspecified atom stereocenters. The molecule has 5 aromatic rings. The monoisotopic (exact) mass is 476 g/mol. The van der Waals surface area contributed by atoms with E-state index in [0.717, 1.165) is 46.7 Å². The number of aromatic amines is 1. The van der Waals surface area contributed by atoms with E-state index in [2.05, 4.69) is 30.4 Å². The molecule has 6 rings (SSSR count). The highest BCUT2D eigenvalue weighted by Crippen LogP contribution is 2.29. The van der Waals surface area contributed by atoms with E-state index in [1.165, 1.54) is 12.8 Å². The van der Waals surface area contributed by atoms with E-state index in [1.54, 1.807) is 18.6 Å². The van der Waals surface area contributed by atoms with Crippen molar-refractivity contribution in [2.75, 3.05) is 23.3 Å². The first-order valence-electron chi connectivity index (χ1n) is 11.9. The molecule has 1 saturated heterocycles. The summed E-state index contributed by atoms with van der Waals surface area (Å²) >= 11 is 0. The highest BCUT2D eigenvalue weighted by molar-refractivity contribution is 6.11. The van der Waals surface area contributed by atoms with Crippen LogP contribution in [-0.4, -0.2) is 39.2 Å². The highest BCUT2D eigenvalue weighted by atomic mass is 16.5. The van der Waals surface area contributed by atoms with Crippen molar-refractivity contribution in [1.29, 1.82) is 0 Å². The van der Waals surface area contributed by atoms with E-state index < -0.39 is 0 Å². The maximum absolute atomic E-state index is 13.1. The number of anilines is 2. The van der Waals surface area contributed by atoms with Crippen LogP contribution in [0.1, 0.15) is 23.3 Å². The van der Waals surface area contributed by atoms with E-state index in [4.69, 9.17) is 4.74 Å². The second kappa shape index (κ2) is 9.50. The number of carbonyl (C=O) groups is 1. The van der Waals surface area contributed by atoms with Gasteiger partial charge in [0.15, 0.2) is 5.69 Å². The van der Waals surface area contributed by atoms with Crippen molar-refractivity contribution in [2.45, 2.75) is 12.8 Å². The summed E-state index contributed by atoms with van der Waals surface area (Å²) in [7, 11) is 0. The number of ether oxygens (including phenoxy) is 1. The van der Waals surface area contributed by atoms with Gasteiger partial charge in [-0.2, -0.15) is 5.10 Å². The summed E-state index contributed by atoms with van der Waals surface area (Å²) in [6.07, 6.45) is 7.51. The van der Waals surface area contributed by atoms with Gasteiger partial charge in [-0.3, -0.25) is 14.9 Å². The molecule has 2 aromatic carbocycles. The summed E-state index contributed by atoms with van der Waals surface area (Å²) in [5, 5.41) is 10.9. The normalized spacial score (nSPS) is 13.2. The van der Waals surface area contributed by atoms with Crippen molar-refractivity contribution >= 4 is 28.3 Å². The van der Waals surface area contributed by atoms with Crippen LogP contribution < -0.4 is 15.0 Å². The van der Waals surface area contributed by atoms with Crippen LogP contribution in [0, 0.1) is 0 Å². The van der Waals surface area contributed by atoms with Crippen molar-refractivity contribution in [3.63, 3.8) is 0 Å². The Bertz CT molecular complexity index is 1510. The van der Waals surface area contributed by atoms with Crippen LogP contribution in [0.25, 0.3) is 22.0 Å². The van der Waals surface area contributed by atoms with Gasteiger partial charge < -0.3 is 15.0 Å². The molecule has 0 saturated carbocycles. The molecule has 1 amide bonds. The van der Waals surface area contributed by atoms with Crippen molar-refractivity contribution in [3.8, 4) is 22.6 Å². The molecule has 178 valence electrons. The quantitative estimate of drug-likeness (QED) is 0.328. The molecule has 0 bridgehead atoms. The zero-order valence-corrected chi connectivity index (χ0v) is 19.5. The van der Waals surface area contributed by atoms with Crippen molar-refractivity contribution in [2.24, 2.45) is 0 Å². The van der Waals surface area contributed by atoms with Crippen molar-refractivity contribution in [3.05, 3.63) is 91.0 Å². The molecule has 1 fully saturated rings. The number of para-hydroxylation sites is 1. The minimum Gasteiger partial charge on any atom is -0.456 e. The Labute approximate surface area is 208 Å². The number of carbonyl (C=O) groups excluding carboxylic acids is 1. The third kappa shape index (κ3) is 4.48. The number of hydrogen-bond donors (Lipinski definition) is 2. The van der Waals surface area contributed by atoms with Crippen LogP contribution in [0.2, 0.25) is 0 Å².